The fraction of sp³-hybridized carbons (Fsp3) is 0.650. The van der Waals surface area contributed by atoms with E-state index in [2.05, 4.69) is 5.32 Å². The summed E-state index contributed by atoms with van der Waals surface area (Å²) in [6.45, 7) is 8.76. The number of allylic oxidation sites excluding steroid dienone is 2. The zero-order valence-electron chi connectivity index (χ0n) is 17.7. The summed E-state index contributed by atoms with van der Waals surface area (Å²) in [5, 5.41) is 2.58. The van der Waals surface area contributed by atoms with E-state index in [4.69, 9.17) is 23.7 Å². The van der Waals surface area contributed by atoms with Gasteiger partial charge < -0.3 is 29.0 Å². The van der Waals surface area contributed by atoms with Crippen LogP contribution in [0.1, 0.15) is 47.5 Å². The van der Waals surface area contributed by atoms with E-state index in [1.165, 1.54) is 6.26 Å². The van der Waals surface area contributed by atoms with Crippen molar-refractivity contribution in [3.05, 3.63) is 24.5 Å². The lowest BCUT2D eigenvalue weighted by Crippen LogP contribution is -2.53. The van der Waals surface area contributed by atoms with Gasteiger partial charge in [0.25, 0.3) is 5.60 Å². The summed E-state index contributed by atoms with van der Waals surface area (Å²) in [5.41, 5.74) is -2.66. The molecule has 0 fully saturated rings. The highest BCUT2D eigenvalue weighted by Crippen LogP contribution is 2.26. The molecule has 0 aromatic heterocycles. The fourth-order valence-electron chi connectivity index (χ4n) is 2.41. The van der Waals surface area contributed by atoms with Gasteiger partial charge in [0.2, 0.25) is 6.29 Å². The lowest BCUT2D eigenvalue weighted by Gasteiger charge is -2.32. The molecule has 1 amide bonds. The van der Waals surface area contributed by atoms with Crippen LogP contribution in [0.25, 0.3) is 0 Å². The largest absolute Gasteiger partial charge is 0.469 e. The molecule has 1 aliphatic rings. The summed E-state index contributed by atoms with van der Waals surface area (Å²) < 4.78 is 26.4. The van der Waals surface area contributed by atoms with E-state index in [-0.39, 0.29) is 32.6 Å². The monoisotopic (exact) mass is 413 g/mol. The zero-order chi connectivity index (χ0) is 21.9. The molecule has 0 aliphatic carbocycles. The second-order valence-electron chi connectivity index (χ2n) is 7.14. The van der Waals surface area contributed by atoms with Crippen LogP contribution < -0.4 is 5.32 Å². The maximum absolute atomic E-state index is 12.7. The predicted octanol–water partition coefficient (Wildman–Crippen LogP) is 2.60. The first-order valence-corrected chi connectivity index (χ1v) is 9.62. The van der Waals surface area contributed by atoms with Crippen LogP contribution in [0.3, 0.4) is 0 Å². The number of carbonyl (C=O) groups is 3. The number of rotatable bonds is 10. The maximum atomic E-state index is 12.7. The first-order valence-electron chi connectivity index (χ1n) is 9.62. The maximum Gasteiger partial charge on any atom is 0.407 e. The van der Waals surface area contributed by atoms with Crippen molar-refractivity contribution in [2.24, 2.45) is 0 Å². The van der Waals surface area contributed by atoms with E-state index in [1.54, 1.807) is 52.8 Å². The van der Waals surface area contributed by atoms with E-state index in [0.717, 1.165) is 0 Å². The highest BCUT2D eigenvalue weighted by atomic mass is 16.7. The van der Waals surface area contributed by atoms with Gasteiger partial charge in [0, 0.05) is 13.0 Å². The predicted molar refractivity (Wildman–Crippen MR) is 104 cm³/mol. The van der Waals surface area contributed by atoms with Crippen molar-refractivity contribution < 1.29 is 38.1 Å². The molecule has 29 heavy (non-hydrogen) atoms. The standard InChI is InChI=1S/C20H31NO8/c1-6-25-16(22)20(17(23)26-7-2,28-15-11-8-9-14-27-15)12-10-13-21-18(24)29-19(3,4)5/h8-9,11,14-15H,6-7,10,12-13H2,1-5H3,(H,21,24). The van der Waals surface area contributed by atoms with E-state index < -0.39 is 35.5 Å². The van der Waals surface area contributed by atoms with Crippen LogP contribution in [0.2, 0.25) is 0 Å². The third-order valence-electron chi connectivity index (χ3n) is 3.57. The summed E-state index contributed by atoms with van der Waals surface area (Å²) in [5.74, 6) is -1.75. The molecule has 0 bridgehead atoms. The fourth-order valence-corrected chi connectivity index (χ4v) is 2.41. The Labute approximate surface area is 171 Å². The summed E-state index contributed by atoms with van der Waals surface area (Å²) in [4.78, 5) is 37.2. The molecule has 0 radical (unpaired) electrons. The van der Waals surface area contributed by atoms with Gasteiger partial charge in [-0.15, -0.1) is 0 Å². The highest BCUT2D eigenvalue weighted by Gasteiger charge is 2.52. The number of hydrogen-bond acceptors (Lipinski definition) is 8. The van der Waals surface area contributed by atoms with Gasteiger partial charge in [0.15, 0.2) is 0 Å². The number of carbonyl (C=O) groups excluding carboxylic acids is 3. The minimum Gasteiger partial charge on any atom is -0.469 e. The average Bonchev–Trinajstić information content (AvgIpc) is 2.64. The van der Waals surface area contributed by atoms with Crippen LogP contribution in [0.15, 0.2) is 24.5 Å². The van der Waals surface area contributed by atoms with E-state index in [1.807, 2.05) is 0 Å². The molecule has 9 heteroatoms. The second kappa shape index (κ2) is 11.5. The van der Waals surface area contributed by atoms with Crippen molar-refractivity contribution in [2.45, 2.75) is 65.0 Å². The minimum atomic E-state index is -2.03. The first-order chi connectivity index (χ1) is 13.6. The molecule has 0 aromatic carbocycles. The van der Waals surface area contributed by atoms with Crippen LogP contribution in [-0.2, 0) is 33.3 Å². The lowest BCUT2D eigenvalue weighted by atomic mass is 9.97. The number of ether oxygens (including phenoxy) is 5. The Balaban J connectivity index is 2.90. The normalized spacial score (nSPS) is 16.0. The molecule has 0 saturated heterocycles. The molecule has 0 spiro atoms. The highest BCUT2D eigenvalue weighted by molar-refractivity contribution is 6.03. The van der Waals surface area contributed by atoms with Gasteiger partial charge in [-0.25, -0.2) is 14.4 Å². The van der Waals surface area contributed by atoms with Gasteiger partial charge in [0.05, 0.1) is 19.5 Å². The topological polar surface area (TPSA) is 109 Å². The first kappa shape index (κ1) is 24.5. The molecule has 164 valence electrons. The minimum absolute atomic E-state index is 0.0563. The second-order valence-corrected chi connectivity index (χ2v) is 7.14. The van der Waals surface area contributed by atoms with Gasteiger partial charge in [-0.3, -0.25) is 0 Å². The average molecular weight is 413 g/mol. The molecule has 1 heterocycles. The van der Waals surface area contributed by atoms with Crippen molar-refractivity contribution in [1.29, 1.82) is 0 Å². The molecule has 0 aromatic rings. The molecule has 1 unspecified atom stereocenters. The van der Waals surface area contributed by atoms with Gasteiger partial charge >= 0.3 is 18.0 Å². The summed E-state index contributed by atoms with van der Waals surface area (Å²) in [6.07, 6.45) is 4.82. The van der Waals surface area contributed by atoms with Gasteiger partial charge in [-0.05, 0) is 53.2 Å². The van der Waals surface area contributed by atoms with Crippen molar-refractivity contribution >= 4 is 18.0 Å². The number of amides is 1. The third kappa shape index (κ3) is 8.15. The number of alkyl carbamates (subject to hydrolysis) is 1. The third-order valence-corrected chi connectivity index (χ3v) is 3.57. The molecule has 1 N–H and O–H groups in total. The number of esters is 2. The van der Waals surface area contributed by atoms with Crippen LogP contribution in [0.4, 0.5) is 4.79 Å². The van der Waals surface area contributed by atoms with Crippen molar-refractivity contribution in [3.63, 3.8) is 0 Å². The van der Waals surface area contributed by atoms with Gasteiger partial charge in [0.1, 0.15) is 5.60 Å². The summed E-state index contributed by atoms with van der Waals surface area (Å²) in [7, 11) is 0. The number of nitrogens with one attached hydrogen (secondary N) is 1. The van der Waals surface area contributed by atoms with Crippen LogP contribution >= 0.6 is 0 Å². The van der Waals surface area contributed by atoms with E-state index in [9.17, 15) is 14.4 Å². The van der Waals surface area contributed by atoms with Crippen LogP contribution in [0.5, 0.6) is 0 Å². The molecular formula is C20H31NO8. The van der Waals surface area contributed by atoms with Crippen LogP contribution in [0, 0.1) is 0 Å². The smallest absolute Gasteiger partial charge is 0.407 e. The Kier molecular flexibility index (Phi) is 9.67. The Morgan fingerprint density at radius 3 is 2.14 bits per heavy atom. The molecule has 1 atom stereocenters. The van der Waals surface area contributed by atoms with Gasteiger partial charge in [-0.2, -0.15) is 0 Å². The van der Waals surface area contributed by atoms with Crippen molar-refractivity contribution in [3.8, 4) is 0 Å². The molecule has 9 nitrogen and oxygen atoms in total. The Bertz CT molecular complexity index is 602. The SMILES string of the molecule is CCOC(=O)C(CCCNC(=O)OC(C)(C)C)(OC1C=CC=CO1)C(=O)OCC. The quantitative estimate of drug-likeness (QED) is 0.252. The zero-order valence-corrected chi connectivity index (χ0v) is 17.7. The summed E-state index contributed by atoms with van der Waals surface area (Å²) >= 11 is 0. The Morgan fingerprint density at radius 2 is 1.66 bits per heavy atom. The van der Waals surface area contributed by atoms with E-state index in [0.29, 0.717) is 0 Å². The molecule has 1 aliphatic heterocycles. The van der Waals surface area contributed by atoms with Crippen LogP contribution in [-0.4, -0.2) is 55.3 Å². The van der Waals surface area contributed by atoms with Gasteiger partial charge in [-0.1, -0.05) is 6.08 Å². The van der Waals surface area contributed by atoms with E-state index >= 15 is 0 Å². The van der Waals surface area contributed by atoms with Crippen molar-refractivity contribution in [1.82, 2.24) is 5.32 Å². The molecule has 0 saturated carbocycles. The Morgan fingerprint density at radius 1 is 1.03 bits per heavy atom. The number of hydrogen-bond donors (Lipinski definition) is 1. The van der Waals surface area contributed by atoms with Crippen molar-refractivity contribution in [2.75, 3.05) is 19.8 Å². The Hall–Kier alpha value is -2.55. The molecule has 1 rings (SSSR count). The summed E-state index contributed by atoms with van der Waals surface area (Å²) in [6, 6.07) is 0. The lowest BCUT2D eigenvalue weighted by molar-refractivity contribution is -0.216. The molecular weight excluding hydrogens is 382 g/mol.